The molecule has 1 aliphatic rings. The van der Waals surface area contributed by atoms with Crippen LogP contribution in [0.1, 0.15) is 49.9 Å². The van der Waals surface area contributed by atoms with Gasteiger partial charge >= 0.3 is 0 Å². The summed E-state index contributed by atoms with van der Waals surface area (Å²) in [6, 6.07) is 12.0. The van der Waals surface area contributed by atoms with Crippen molar-refractivity contribution in [3.8, 4) is 22.4 Å². The first kappa shape index (κ1) is 22.9. The number of nitrogens with zero attached hydrogens (tertiary/aromatic N) is 3. The predicted molar refractivity (Wildman–Crippen MR) is 128 cm³/mol. The Morgan fingerprint density at radius 1 is 1.12 bits per heavy atom. The summed E-state index contributed by atoms with van der Waals surface area (Å²) in [5, 5.41) is 0. The summed E-state index contributed by atoms with van der Waals surface area (Å²) in [5.74, 6) is 1.01. The first-order valence-corrected chi connectivity index (χ1v) is 11.3. The maximum Gasteiger partial charge on any atom is 0.261 e. The summed E-state index contributed by atoms with van der Waals surface area (Å²) < 4.78 is 21.4. The van der Waals surface area contributed by atoms with Crippen LogP contribution in [0, 0.1) is 18.3 Å². The van der Waals surface area contributed by atoms with Gasteiger partial charge in [0.25, 0.3) is 5.56 Å². The fourth-order valence-corrected chi connectivity index (χ4v) is 4.65. The summed E-state index contributed by atoms with van der Waals surface area (Å²) in [6.45, 7) is 9.88. The molecule has 0 spiro atoms. The highest BCUT2D eigenvalue weighted by Gasteiger charge is 2.26. The molecular weight excluding hydrogens is 417 g/mol. The van der Waals surface area contributed by atoms with Crippen LogP contribution in [0.2, 0.25) is 0 Å². The van der Waals surface area contributed by atoms with Gasteiger partial charge in [-0.3, -0.25) is 9.36 Å². The molecular formula is C27H28FN3O2. The molecule has 5 nitrogen and oxygen atoms in total. The summed E-state index contributed by atoms with van der Waals surface area (Å²) in [4.78, 5) is 21.9. The Kier molecular flexibility index (Phi) is 6.71. The molecule has 170 valence electrons. The first-order chi connectivity index (χ1) is 15.9. The zero-order chi connectivity index (χ0) is 23.5. The molecule has 0 saturated heterocycles. The molecule has 1 aromatic heterocycles. The monoisotopic (exact) mass is 445 g/mol. The topological polar surface area (TPSA) is 48.5 Å². The van der Waals surface area contributed by atoms with E-state index in [1.807, 2.05) is 24.3 Å². The molecule has 0 atom stereocenters. The molecule has 4 rings (SSSR count). The van der Waals surface area contributed by atoms with Crippen molar-refractivity contribution in [2.24, 2.45) is 13.0 Å². The van der Waals surface area contributed by atoms with Crippen LogP contribution < -0.4 is 5.56 Å². The number of ether oxygens (including phenoxy) is 1. The van der Waals surface area contributed by atoms with Gasteiger partial charge < -0.3 is 4.74 Å². The third-order valence-corrected chi connectivity index (χ3v) is 6.60. The number of methoxy groups -OCH3 is 1. The quantitative estimate of drug-likeness (QED) is 0.437. The SMILES string of the molecule is [C-]#[N+]c1ccc(-c2nc(C3CCC(C)CC3)n(C)c(=O)c2-c2ccc(COC)cc2)cc1F. The minimum absolute atomic E-state index is 0.0467. The molecule has 0 unspecified atom stereocenters. The molecule has 1 aliphatic carbocycles. The first-order valence-electron chi connectivity index (χ1n) is 11.3. The van der Waals surface area contributed by atoms with Gasteiger partial charge in [0.2, 0.25) is 5.69 Å². The van der Waals surface area contributed by atoms with E-state index in [1.165, 1.54) is 12.1 Å². The highest BCUT2D eigenvalue weighted by Crippen LogP contribution is 2.37. The Bertz CT molecular complexity index is 1250. The van der Waals surface area contributed by atoms with Crippen molar-refractivity contribution in [2.45, 2.75) is 45.1 Å². The van der Waals surface area contributed by atoms with E-state index in [1.54, 1.807) is 24.8 Å². The summed E-state index contributed by atoms with van der Waals surface area (Å²) in [7, 11) is 3.41. The molecule has 1 heterocycles. The van der Waals surface area contributed by atoms with Crippen molar-refractivity contribution in [1.82, 2.24) is 9.55 Å². The highest BCUT2D eigenvalue weighted by molar-refractivity contribution is 5.81. The van der Waals surface area contributed by atoms with Crippen LogP contribution in [0.4, 0.5) is 10.1 Å². The second-order valence-corrected chi connectivity index (χ2v) is 8.92. The van der Waals surface area contributed by atoms with Crippen LogP contribution in [0.5, 0.6) is 0 Å². The maximum atomic E-state index is 14.5. The van der Waals surface area contributed by atoms with Crippen LogP contribution in [0.25, 0.3) is 27.2 Å². The zero-order valence-corrected chi connectivity index (χ0v) is 19.3. The number of hydrogen-bond acceptors (Lipinski definition) is 3. The Morgan fingerprint density at radius 2 is 1.79 bits per heavy atom. The maximum absolute atomic E-state index is 14.5. The number of aromatic nitrogens is 2. The summed E-state index contributed by atoms with van der Waals surface area (Å²) in [6.07, 6.45) is 4.17. The predicted octanol–water partition coefficient (Wildman–Crippen LogP) is 6.24. The average Bonchev–Trinajstić information content (AvgIpc) is 2.82. The molecule has 0 amide bonds. The van der Waals surface area contributed by atoms with Crippen molar-refractivity contribution in [2.75, 3.05) is 7.11 Å². The van der Waals surface area contributed by atoms with Gasteiger partial charge in [-0.1, -0.05) is 56.2 Å². The molecule has 2 aromatic carbocycles. The third-order valence-electron chi connectivity index (χ3n) is 6.60. The lowest BCUT2D eigenvalue weighted by atomic mass is 9.82. The average molecular weight is 446 g/mol. The van der Waals surface area contributed by atoms with Gasteiger partial charge in [0, 0.05) is 25.6 Å². The van der Waals surface area contributed by atoms with Crippen molar-refractivity contribution >= 4 is 5.69 Å². The van der Waals surface area contributed by atoms with Gasteiger partial charge in [-0.05, 0) is 36.0 Å². The molecule has 3 aromatic rings. The van der Waals surface area contributed by atoms with Gasteiger partial charge in [-0.15, -0.1) is 0 Å². The van der Waals surface area contributed by atoms with E-state index in [2.05, 4.69) is 11.8 Å². The highest BCUT2D eigenvalue weighted by atomic mass is 19.1. The van der Waals surface area contributed by atoms with E-state index in [0.29, 0.717) is 29.3 Å². The second kappa shape index (κ2) is 9.68. The van der Waals surface area contributed by atoms with Crippen molar-refractivity contribution in [1.29, 1.82) is 0 Å². The van der Waals surface area contributed by atoms with E-state index < -0.39 is 5.82 Å². The van der Waals surface area contributed by atoms with Gasteiger partial charge in [-0.25, -0.2) is 14.2 Å². The standard InChI is InChI=1S/C27H28FN3O2/c1-17-5-9-20(10-6-17)26-30-25(21-13-14-23(29-2)22(28)15-21)24(27(32)31(26)3)19-11-7-18(8-12-19)16-33-4/h7-8,11-15,17,20H,5-6,9-10,16H2,1,3-4H3. The zero-order valence-electron chi connectivity index (χ0n) is 19.3. The molecule has 0 N–H and O–H groups in total. The Hall–Kier alpha value is -3.30. The molecule has 1 saturated carbocycles. The van der Waals surface area contributed by atoms with Crippen LogP contribution in [0.15, 0.2) is 47.3 Å². The largest absolute Gasteiger partial charge is 0.380 e. The van der Waals surface area contributed by atoms with Gasteiger partial charge in [0.1, 0.15) is 11.6 Å². The van der Waals surface area contributed by atoms with Gasteiger partial charge in [-0.2, -0.15) is 0 Å². The lowest BCUT2D eigenvalue weighted by Gasteiger charge is -2.27. The molecule has 6 heteroatoms. The van der Waals surface area contributed by atoms with Crippen LogP contribution >= 0.6 is 0 Å². The van der Waals surface area contributed by atoms with E-state index in [0.717, 1.165) is 42.6 Å². The molecule has 0 aliphatic heterocycles. The Balaban J connectivity index is 1.91. The third kappa shape index (κ3) is 4.60. The second-order valence-electron chi connectivity index (χ2n) is 8.92. The minimum atomic E-state index is -0.612. The summed E-state index contributed by atoms with van der Waals surface area (Å²) in [5.41, 5.74) is 2.91. The number of benzene rings is 2. The molecule has 33 heavy (non-hydrogen) atoms. The van der Waals surface area contributed by atoms with Gasteiger partial charge in [0.15, 0.2) is 0 Å². The summed E-state index contributed by atoms with van der Waals surface area (Å²) >= 11 is 0. The van der Waals surface area contributed by atoms with E-state index in [-0.39, 0.29) is 17.2 Å². The van der Waals surface area contributed by atoms with E-state index in [4.69, 9.17) is 16.3 Å². The molecule has 0 bridgehead atoms. The van der Waals surface area contributed by atoms with Gasteiger partial charge in [0.05, 0.1) is 24.4 Å². The van der Waals surface area contributed by atoms with E-state index in [9.17, 15) is 9.18 Å². The smallest absolute Gasteiger partial charge is 0.261 e. The van der Waals surface area contributed by atoms with Crippen molar-refractivity contribution < 1.29 is 9.13 Å². The van der Waals surface area contributed by atoms with E-state index >= 15 is 0 Å². The normalized spacial score (nSPS) is 18.2. The van der Waals surface area contributed by atoms with Crippen molar-refractivity contribution in [3.05, 3.63) is 81.4 Å². The number of rotatable bonds is 5. The lowest BCUT2D eigenvalue weighted by Crippen LogP contribution is -2.28. The van der Waals surface area contributed by atoms with Crippen LogP contribution in [0.3, 0.4) is 0 Å². The number of halogens is 1. The Labute approximate surface area is 193 Å². The Morgan fingerprint density at radius 3 is 2.39 bits per heavy atom. The fourth-order valence-electron chi connectivity index (χ4n) is 4.65. The molecule has 0 radical (unpaired) electrons. The lowest BCUT2D eigenvalue weighted by molar-refractivity contribution is 0.185. The van der Waals surface area contributed by atoms with Crippen molar-refractivity contribution in [3.63, 3.8) is 0 Å². The number of hydrogen-bond donors (Lipinski definition) is 0. The molecule has 1 fully saturated rings. The fraction of sp³-hybridized carbons (Fsp3) is 0.370. The van der Waals surface area contributed by atoms with Crippen LogP contribution in [-0.2, 0) is 18.4 Å². The minimum Gasteiger partial charge on any atom is -0.380 e. The van der Waals surface area contributed by atoms with Crippen LogP contribution in [-0.4, -0.2) is 16.7 Å².